The Bertz CT molecular complexity index is 543. The van der Waals surface area contributed by atoms with Crippen LogP contribution < -0.4 is 4.72 Å². The molecular formula is C10H12FNO5S. The fourth-order valence-corrected chi connectivity index (χ4v) is 2.15. The molecule has 0 aliphatic carbocycles. The minimum absolute atomic E-state index is 0.00499. The molecule has 0 atom stereocenters. The second-order valence-corrected chi connectivity index (χ2v) is 5.26. The minimum Gasteiger partial charge on any atom is -0.478 e. The first-order valence-electron chi connectivity index (χ1n) is 4.88. The van der Waals surface area contributed by atoms with E-state index < -0.39 is 27.4 Å². The molecule has 0 saturated carbocycles. The zero-order valence-electron chi connectivity index (χ0n) is 9.51. The van der Waals surface area contributed by atoms with Gasteiger partial charge < -0.3 is 9.84 Å². The van der Waals surface area contributed by atoms with Gasteiger partial charge in [-0.05, 0) is 18.2 Å². The van der Waals surface area contributed by atoms with Crippen LogP contribution in [0.2, 0.25) is 0 Å². The standard InChI is InChI=1S/C10H12FNO5S/c1-17-4-5-18(15,16)12-7-2-3-8(10(13)14)9(11)6-7/h2-3,6,12H,4-5H2,1H3,(H,13,14). The highest BCUT2D eigenvalue weighted by molar-refractivity contribution is 7.92. The molecule has 0 saturated heterocycles. The number of ether oxygens (including phenoxy) is 1. The summed E-state index contributed by atoms with van der Waals surface area (Å²) in [5.74, 6) is -2.69. The Hall–Kier alpha value is -1.67. The normalized spacial score (nSPS) is 11.2. The number of carboxylic acid groups (broad SMARTS) is 1. The van der Waals surface area contributed by atoms with Crippen molar-refractivity contribution < 1.29 is 27.4 Å². The van der Waals surface area contributed by atoms with E-state index in [0.29, 0.717) is 0 Å². The predicted octanol–water partition coefficient (Wildman–Crippen LogP) is 0.912. The summed E-state index contributed by atoms with van der Waals surface area (Å²) in [7, 11) is -2.28. The Morgan fingerprint density at radius 2 is 2.17 bits per heavy atom. The molecule has 8 heteroatoms. The van der Waals surface area contributed by atoms with Crippen molar-refractivity contribution in [3.63, 3.8) is 0 Å². The lowest BCUT2D eigenvalue weighted by Gasteiger charge is -2.08. The van der Waals surface area contributed by atoms with E-state index in [4.69, 9.17) is 5.11 Å². The number of halogens is 1. The van der Waals surface area contributed by atoms with E-state index in [0.717, 1.165) is 12.1 Å². The number of carbonyl (C=O) groups is 1. The Labute approximate surface area is 103 Å². The largest absolute Gasteiger partial charge is 0.478 e. The Morgan fingerprint density at radius 1 is 1.50 bits per heavy atom. The summed E-state index contributed by atoms with van der Waals surface area (Å²) >= 11 is 0. The third kappa shape index (κ3) is 3.97. The van der Waals surface area contributed by atoms with Crippen LogP contribution >= 0.6 is 0 Å². The summed E-state index contributed by atoms with van der Waals surface area (Å²) in [5.41, 5.74) is -0.552. The zero-order valence-corrected chi connectivity index (χ0v) is 10.3. The number of rotatable bonds is 6. The van der Waals surface area contributed by atoms with Gasteiger partial charge in [-0.25, -0.2) is 17.6 Å². The van der Waals surface area contributed by atoms with E-state index in [2.05, 4.69) is 9.46 Å². The first kappa shape index (κ1) is 14.4. The molecule has 0 unspecified atom stereocenters. The van der Waals surface area contributed by atoms with Crippen molar-refractivity contribution in [2.24, 2.45) is 0 Å². The molecule has 2 N–H and O–H groups in total. The highest BCUT2D eigenvalue weighted by atomic mass is 32.2. The van der Waals surface area contributed by atoms with Gasteiger partial charge in [-0.1, -0.05) is 0 Å². The van der Waals surface area contributed by atoms with E-state index >= 15 is 0 Å². The third-order valence-electron chi connectivity index (χ3n) is 2.03. The van der Waals surface area contributed by atoms with Gasteiger partial charge in [0.1, 0.15) is 5.82 Å². The minimum atomic E-state index is -3.64. The average molecular weight is 277 g/mol. The molecule has 0 fully saturated rings. The fourth-order valence-electron chi connectivity index (χ4n) is 1.18. The molecule has 0 aliphatic heterocycles. The van der Waals surface area contributed by atoms with E-state index in [1.165, 1.54) is 13.2 Å². The first-order chi connectivity index (χ1) is 8.35. The van der Waals surface area contributed by atoms with Crippen molar-refractivity contribution in [2.45, 2.75) is 0 Å². The maximum absolute atomic E-state index is 13.3. The summed E-state index contributed by atoms with van der Waals surface area (Å²) in [6.45, 7) is 0.00499. The van der Waals surface area contributed by atoms with E-state index in [9.17, 15) is 17.6 Å². The van der Waals surface area contributed by atoms with Gasteiger partial charge in [0.05, 0.1) is 23.6 Å². The number of sulfonamides is 1. The molecule has 1 rings (SSSR count). The van der Waals surface area contributed by atoms with Gasteiger partial charge in [-0.3, -0.25) is 4.72 Å². The van der Waals surface area contributed by atoms with Crippen LogP contribution in [0.15, 0.2) is 18.2 Å². The molecule has 6 nitrogen and oxygen atoms in total. The van der Waals surface area contributed by atoms with Gasteiger partial charge in [0.25, 0.3) is 0 Å². The van der Waals surface area contributed by atoms with E-state index in [1.807, 2.05) is 0 Å². The second kappa shape index (κ2) is 5.78. The number of hydrogen-bond donors (Lipinski definition) is 2. The first-order valence-corrected chi connectivity index (χ1v) is 6.53. The van der Waals surface area contributed by atoms with Crippen molar-refractivity contribution in [2.75, 3.05) is 24.2 Å². The van der Waals surface area contributed by atoms with Crippen molar-refractivity contribution in [3.8, 4) is 0 Å². The van der Waals surface area contributed by atoms with Crippen molar-refractivity contribution in [3.05, 3.63) is 29.6 Å². The molecule has 100 valence electrons. The molecule has 0 aromatic heterocycles. The van der Waals surface area contributed by atoms with Crippen LogP contribution in [-0.4, -0.2) is 39.0 Å². The molecule has 18 heavy (non-hydrogen) atoms. The molecular weight excluding hydrogens is 265 g/mol. The van der Waals surface area contributed by atoms with Crippen molar-refractivity contribution in [1.82, 2.24) is 0 Å². The molecule has 1 aromatic carbocycles. The summed E-state index contributed by atoms with van der Waals surface area (Å²) < 4.78 is 42.9. The number of hydrogen-bond acceptors (Lipinski definition) is 4. The number of carboxylic acids is 1. The highest BCUT2D eigenvalue weighted by Gasteiger charge is 2.14. The van der Waals surface area contributed by atoms with Gasteiger partial charge in [-0.15, -0.1) is 0 Å². The number of nitrogens with one attached hydrogen (secondary N) is 1. The van der Waals surface area contributed by atoms with Gasteiger partial charge in [0, 0.05) is 7.11 Å². The predicted molar refractivity (Wildman–Crippen MR) is 62.6 cm³/mol. The van der Waals surface area contributed by atoms with Crippen LogP contribution in [0.3, 0.4) is 0 Å². The third-order valence-corrected chi connectivity index (χ3v) is 3.28. The Balaban J connectivity index is 2.87. The topological polar surface area (TPSA) is 92.7 Å². The lowest BCUT2D eigenvalue weighted by molar-refractivity contribution is 0.0692. The van der Waals surface area contributed by atoms with Crippen molar-refractivity contribution in [1.29, 1.82) is 0 Å². The summed E-state index contributed by atoms with van der Waals surface area (Å²) in [6.07, 6.45) is 0. The maximum atomic E-state index is 13.3. The lowest BCUT2D eigenvalue weighted by Crippen LogP contribution is -2.19. The molecule has 0 spiro atoms. The molecule has 0 heterocycles. The van der Waals surface area contributed by atoms with Gasteiger partial charge >= 0.3 is 5.97 Å². The SMILES string of the molecule is COCCS(=O)(=O)Nc1ccc(C(=O)O)c(F)c1. The maximum Gasteiger partial charge on any atom is 0.338 e. The van der Waals surface area contributed by atoms with Crippen LogP contribution in [0.25, 0.3) is 0 Å². The van der Waals surface area contributed by atoms with Crippen LogP contribution in [0.5, 0.6) is 0 Å². The van der Waals surface area contributed by atoms with Crippen LogP contribution in [0.4, 0.5) is 10.1 Å². The number of methoxy groups -OCH3 is 1. The molecule has 0 bridgehead atoms. The molecule has 0 amide bonds. The Morgan fingerprint density at radius 3 is 2.67 bits per heavy atom. The van der Waals surface area contributed by atoms with Crippen LogP contribution in [0, 0.1) is 5.82 Å². The smallest absolute Gasteiger partial charge is 0.338 e. The molecule has 1 aromatic rings. The quantitative estimate of drug-likeness (QED) is 0.806. The second-order valence-electron chi connectivity index (χ2n) is 3.41. The molecule has 0 radical (unpaired) electrons. The van der Waals surface area contributed by atoms with Gasteiger partial charge in [0.15, 0.2) is 0 Å². The fraction of sp³-hybridized carbons (Fsp3) is 0.300. The van der Waals surface area contributed by atoms with Crippen molar-refractivity contribution >= 4 is 21.7 Å². The lowest BCUT2D eigenvalue weighted by atomic mass is 10.2. The average Bonchev–Trinajstić information content (AvgIpc) is 2.25. The van der Waals surface area contributed by atoms with E-state index in [1.54, 1.807) is 0 Å². The number of aromatic carboxylic acids is 1. The van der Waals surface area contributed by atoms with E-state index in [-0.39, 0.29) is 18.0 Å². The highest BCUT2D eigenvalue weighted by Crippen LogP contribution is 2.15. The van der Waals surface area contributed by atoms with Gasteiger partial charge in [-0.2, -0.15) is 0 Å². The monoisotopic (exact) mass is 277 g/mol. The van der Waals surface area contributed by atoms with Crippen LogP contribution in [-0.2, 0) is 14.8 Å². The van der Waals surface area contributed by atoms with Gasteiger partial charge in [0.2, 0.25) is 10.0 Å². The molecule has 0 aliphatic rings. The number of anilines is 1. The Kier molecular flexibility index (Phi) is 4.62. The summed E-state index contributed by atoms with van der Waals surface area (Å²) in [6, 6.07) is 2.98. The summed E-state index contributed by atoms with van der Waals surface area (Å²) in [5, 5.41) is 8.61. The zero-order chi connectivity index (χ0) is 13.8. The van der Waals surface area contributed by atoms with Crippen LogP contribution in [0.1, 0.15) is 10.4 Å². The summed E-state index contributed by atoms with van der Waals surface area (Å²) in [4.78, 5) is 10.6. The number of benzene rings is 1.